The maximum Gasteiger partial charge on any atom is 0.314 e. The van der Waals surface area contributed by atoms with E-state index in [9.17, 15) is 4.79 Å². The lowest BCUT2D eigenvalue weighted by atomic mass is 9.93. The molecule has 0 rings (SSSR count). The molecule has 0 atom stereocenters. The summed E-state index contributed by atoms with van der Waals surface area (Å²) in [6.45, 7) is 8.45. The van der Waals surface area contributed by atoms with E-state index in [1.54, 1.807) is 7.05 Å². The molecule has 0 spiro atoms. The lowest BCUT2D eigenvalue weighted by Crippen LogP contribution is -2.45. The monoisotopic (exact) mass is 172 g/mol. The van der Waals surface area contributed by atoms with Gasteiger partial charge < -0.3 is 10.6 Å². The van der Waals surface area contributed by atoms with Gasteiger partial charge in [-0.25, -0.2) is 4.79 Å². The molecule has 2 N–H and O–H groups in total. The second-order valence-corrected chi connectivity index (χ2v) is 3.74. The number of carbonyl (C=O) groups is 1. The highest BCUT2D eigenvalue weighted by molar-refractivity contribution is 5.73. The Labute approximate surface area is 74.9 Å². The molecule has 12 heavy (non-hydrogen) atoms. The fourth-order valence-electron chi connectivity index (χ4n) is 1.33. The van der Waals surface area contributed by atoms with Gasteiger partial charge in [-0.05, 0) is 11.8 Å². The number of hydrogen-bond acceptors (Lipinski definition) is 1. The van der Waals surface area contributed by atoms with Crippen LogP contribution in [0.1, 0.15) is 27.7 Å². The number of rotatable bonds is 3. The normalized spacial score (nSPS) is 11.0. The molecule has 0 fully saturated rings. The molecule has 0 aliphatic rings. The van der Waals surface area contributed by atoms with E-state index in [1.165, 1.54) is 0 Å². The first kappa shape index (κ1) is 11.3. The van der Waals surface area contributed by atoms with E-state index in [2.05, 4.69) is 38.3 Å². The minimum Gasteiger partial charge on any atom is -0.341 e. The number of carbonyl (C=O) groups excluding carboxylic acids is 1. The molecule has 0 heterocycles. The summed E-state index contributed by atoms with van der Waals surface area (Å²) in [6.07, 6.45) is 0. The summed E-state index contributed by atoms with van der Waals surface area (Å²) < 4.78 is 0. The van der Waals surface area contributed by atoms with Crippen LogP contribution in [-0.4, -0.2) is 19.1 Å². The lowest BCUT2D eigenvalue weighted by Gasteiger charge is -2.25. The number of urea groups is 1. The van der Waals surface area contributed by atoms with Gasteiger partial charge in [-0.15, -0.1) is 0 Å². The Kier molecular flexibility index (Phi) is 4.71. The molecule has 0 aromatic heterocycles. The molecule has 0 radical (unpaired) electrons. The topological polar surface area (TPSA) is 41.1 Å². The van der Waals surface area contributed by atoms with Crippen LogP contribution in [0, 0.1) is 11.8 Å². The number of nitrogens with one attached hydrogen (secondary N) is 2. The molecule has 0 saturated carbocycles. The summed E-state index contributed by atoms with van der Waals surface area (Å²) >= 11 is 0. The van der Waals surface area contributed by atoms with Crippen LogP contribution in [0.15, 0.2) is 0 Å². The quantitative estimate of drug-likeness (QED) is 0.667. The molecule has 72 valence electrons. The average molecular weight is 172 g/mol. The smallest absolute Gasteiger partial charge is 0.314 e. The van der Waals surface area contributed by atoms with Crippen molar-refractivity contribution in [3.8, 4) is 0 Å². The first-order chi connectivity index (χ1) is 5.49. The van der Waals surface area contributed by atoms with Crippen molar-refractivity contribution in [1.29, 1.82) is 0 Å². The second kappa shape index (κ2) is 5.01. The van der Waals surface area contributed by atoms with Crippen molar-refractivity contribution in [2.24, 2.45) is 11.8 Å². The molecular formula is C9H20N2O. The Balaban J connectivity index is 4.05. The molecule has 0 unspecified atom stereocenters. The maximum absolute atomic E-state index is 11.0. The second-order valence-electron chi connectivity index (χ2n) is 3.74. The highest BCUT2D eigenvalue weighted by Gasteiger charge is 2.18. The van der Waals surface area contributed by atoms with Gasteiger partial charge in [0.25, 0.3) is 0 Å². The van der Waals surface area contributed by atoms with Crippen molar-refractivity contribution < 1.29 is 4.79 Å². The third-order valence-electron chi connectivity index (χ3n) is 1.96. The largest absolute Gasteiger partial charge is 0.341 e. The summed E-state index contributed by atoms with van der Waals surface area (Å²) in [5.41, 5.74) is 0. The molecule has 0 aromatic rings. The number of amides is 2. The Morgan fingerprint density at radius 1 is 1.08 bits per heavy atom. The van der Waals surface area contributed by atoms with Crippen LogP contribution in [0.4, 0.5) is 4.79 Å². The van der Waals surface area contributed by atoms with Gasteiger partial charge in [-0.1, -0.05) is 27.7 Å². The van der Waals surface area contributed by atoms with Crippen LogP contribution in [0.25, 0.3) is 0 Å². The third kappa shape index (κ3) is 3.60. The van der Waals surface area contributed by atoms with Crippen LogP contribution in [0.3, 0.4) is 0 Å². The zero-order chi connectivity index (χ0) is 9.72. The van der Waals surface area contributed by atoms with E-state index < -0.39 is 0 Å². The lowest BCUT2D eigenvalue weighted by molar-refractivity contribution is 0.227. The van der Waals surface area contributed by atoms with E-state index in [1.807, 2.05) is 0 Å². The molecule has 0 aliphatic carbocycles. The Morgan fingerprint density at radius 3 is 1.75 bits per heavy atom. The van der Waals surface area contributed by atoms with Crippen molar-refractivity contribution >= 4 is 6.03 Å². The highest BCUT2D eigenvalue weighted by Crippen LogP contribution is 2.11. The maximum atomic E-state index is 11.0. The molecule has 0 aliphatic heterocycles. The first-order valence-electron chi connectivity index (χ1n) is 4.47. The highest BCUT2D eigenvalue weighted by atomic mass is 16.2. The minimum absolute atomic E-state index is 0.0950. The van der Waals surface area contributed by atoms with Crippen LogP contribution in [-0.2, 0) is 0 Å². The third-order valence-corrected chi connectivity index (χ3v) is 1.96. The van der Waals surface area contributed by atoms with E-state index >= 15 is 0 Å². The molecule has 2 amide bonds. The van der Waals surface area contributed by atoms with E-state index in [0.717, 1.165) is 0 Å². The zero-order valence-corrected chi connectivity index (χ0v) is 8.64. The van der Waals surface area contributed by atoms with Crippen molar-refractivity contribution in [3.05, 3.63) is 0 Å². The van der Waals surface area contributed by atoms with Crippen LogP contribution in [0.2, 0.25) is 0 Å². The van der Waals surface area contributed by atoms with Crippen LogP contribution >= 0.6 is 0 Å². The van der Waals surface area contributed by atoms with Crippen molar-refractivity contribution in [2.45, 2.75) is 33.7 Å². The summed E-state index contributed by atoms with van der Waals surface area (Å²) in [7, 11) is 1.63. The standard InChI is InChI=1S/C9H20N2O/c1-6(2)8(7(3)4)11-9(12)10-5/h6-8H,1-5H3,(H2,10,11,12). The van der Waals surface area contributed by atoms with E-state index in [-0.39, 0.29) is 12.1 Å². The van der Waals surface area contributed by atoms with Gasteiger partial charge in [0.05, 0.1) is 0 Å². The molecule has 0 saturated heterocycles. The molecular weight excluding hydrogens is 152 g/mol. The van der Waals surface area contributed by atoms with Crippen molar-refractivity contribution in [2.75, 3.05) is 7.05 Å². The fourth-order valence-corrected chi connectivity index (χ4v) is 1.33. The van der Waals surface area contributed by atoms with Gasteiger partial charge >= 0.3 is 6.03 Å². The minimum atomic E-state index is -0.0950. The first-order valence-corrected chi connectivity index (χ1v) is 4.47. The predicted molar refractivity (Wildman–Crippen MR) is 51.1 cm³/mol. The Hall–Kier alpha value is -0.730. The van der Waals surface area contributed by atoms with E-state index in [4.69, 9.17) is 0 Å². The molecule has 0 aromatic carbocycles. The Bertz CT molecular complexity index is 135. The molecule has 3 heteroatoms. The zero-order valence-electron chi connectivity index (χ0n) is 8.64. The van der Waals surface area contributed by atoms with Gasteiger partial charge in [0.1, 0.15) is 0 Å². The van der Waals surface area contributed by atoms with Gasteiger partial charge in [0, 0.05) is 13.1 Å². The molecule has 3 nitrogen and oxygen atoms in total. The Morgan fingerprint density at radius 2 is 1.50 bits per heavy atom. The fraction of sp³-hybridized carbons (Fsp3) is 0.889. The summed E-state index contributed by atoms with van der Waals surface area (Å²) in [5.74, 6) is 0.949. The SMILES string of the molecule is CNC(=O)NC(C(C)C)C(C)C. The van der Waals surface area contributed by atoms with Gasteiger partial charge in [-0.3, -0.25) is 0 Å². The summed E-state index contributed by atoms with van der Waals surface area (Å²) in [4.78, 5) is 11.0. The summed E-state index contributed by atoms with van der Waals surface area (Å²) in [6, 6.07) is 0.160. The van der Waals surface area contributed by atoms with Crippen LogP contribution < -0.4 is 10.6 Å². The predicted octanol–water partition coefficient (Wildman–Crippen LogP) is 1.60. The van der Waals surface area contributed by atoms with Gasteiger partial charge in [0.15, 0.2) is 0 Å². The van der Waals surface area contributed by atoms with Gasteiger partial charge in [0.2, 0.25) is 0 Å². The average Bonchev–Trinajstić information content (AvgIpc) is 1.98. The van der Waals surface area contributed by atoms with E-state index in [0.29, 0.717) is 11.8 Å². The van der Waals surface area contributed by atoms with Crippen LogP contribution in [0.5, 0.6) is 0 Å². The van der Waals surface area contributed by atoms with Crippen molar-refractivity contribution in [3.63, 3.8) is 0 Å². The van der Waals surface area contributed by atoms with Gasteiger partial charge in [-0.2, -0.15) is 0 Å². The summed E-state index contributed by atoms with van der Waals surface area (Å²) in [5, 5.41) is 5.47. The number of hydrogen-bond donors (Lipinski definition) is 2. The molecule has 0 bridgehead atoms. The van der Waals surface area contributed by atoms with Crippen molar-refractivity contribution in [1.82, 2.24) is 10.6 Å².